The van der Waals surface area contributed by atoms with Gasteiger partial charge in [0.1, 0.15) is 16.9 Å². The van der Waals surface area contributed by atoms with Crippen LogP contribution in [-0.2, 0) is 0 Å². The predicted molar refractivity (Wildman–Crippen MR) is 108 cm³/mol. The molecule has 1 aliphatic heterocycles. The van der Waals surface area contributed by atoms with Crippen molar-refractivity contribution in [1.82, 2.24) is 14.8 Å². The molecule has 4 nitrogen and oxygen atoms in total. The van der Waals surface area contributed by atoms with E-state index in [4.69, 9.17) is 4.99 Å². The summed E-state index contributed by atoms with van der Waals surface area (Å²) in [6.45, 7) is 12.9. The Balaban J connectivity index is 1.96. The molecular weight excluding hydrogens is 340 g/mol. The standard InChI is InChI=1S/C21H24N4S/c1-11(2)16-7-9-17(10-8-16)19-18-12(3)14(5)26-21(18)25-15(6)23-24-20(25)13(4)22-19/h7-11,13H,1-6H3/t13-/m0/s1. The van der Waals surface area contributed by atoms with Crippen LogP contribution in [0.2, 0.25) is 0 Å². The quantitative estimate of drug-likeness (QED) is 0.620. The van der Waals surface area contributed by atoms with E-state index < -0.39 is 0 Å². The molecular formula is C21H24N4S. The SMILES string of the molecule is Cc1sc2c(c1C)C(c1ccc(C(C)C)cc1)=N[C@@H](C)c1nnc(C)n1-2. The summed E-state index contributed by atoms with van der Waals surface area (Å²) in [4.78, 5) is 6.41. The molecule has 134 valence electrons. The van der Waals surface area contributed by atoms with Crippen molar-refractivity contribution in [2.75, 3.05) is 0 Å². The van der Waals surface area contributed by atoms with Crippen molar-refractivity contribution in [3.63, 3.8) is 0 Å². The second kappa shape index (κ2) is 6.16. The minimum absolute atomic E-state index is 0.0321. The molecule has 4 rings (SSSR count). The average Bonchev–Trinajstić information content (AvgIpc) is 3.09. The highest BCUT2D eigenvalue weighted by Gasteiger charge is 2.29. The molecule has 3 aromatic rings. The van der Waals surface area contributed by atoms with Crippen molar-refractivity contribution in [3.8, 4) is 5.00 Å². The summed E-state index contributed by atoms with van der Waals surface area (Å²) < 4.78 is 2.18. The first-order valence-corrected chi connectivity index (χ1v) is 9.91. The molecule has 26 heavy (non-hydrogen) atoms. The van der Waals surface area contributed by atoms with Crippen LogP contribution < -0.4 is 0 Å². The highest BCUT2D eigenvalue weighted by Crippen LogP contribution is 2.38. The van der Waals surface area contributed by atoms with Crippen LogP contribution in [0.4, 0.5) is 0 Å². The molecule has 1 aliphatic rings. The molecule has 0 saturated carbocycles. The molecule has 3 heterocycles. The fourth-order valence-corrected chi connectivity index (χ4v) is 4.72. The number of benzene rings is 1. The lowest BCUT2D eigenvalue weighted by atomic mass is 9.96. The molecule has 0 aliphatic carbocycles. The van der Waals surface area contributed by atoms with Gasteiger partial charge in [-0.15, -0.1) is 21.5 Å². The molecule has 1 atom stereocenters. The summed E-state index contributed by atoms with van der Waals surface area (Å²) in [6.07, 6.45) is 0. The van der Waals surface area contributed by atoms with E-state index in [1.165, 1.54) is 32.1 Å². The van der Waals surface area contributed by atoms with Crippen molar-refractivity contribution < 1.29 is 0 Å². The maximum Gasteiger partial charge on any atom is 0.162 e. The van der Waals surface area contributed by atoms with Crippen molar-refractivity contribution >= 4 is 17.0 Å². The third kappa shape index (κ3) is 2.53. The van der Waals surface area contributed by atoms with Gasteiger partial charge < -0.3 is 0 Å². The number of aryl methyl sites for hydroxylation is 2. The number of nitrogens with zero attached hydrogens (tertiary/aromatic N) is 4. The fraction of sp³-hybridized carbons (Fsp3) is 0.381. The van der Waals surface area contributed by atoms with Crippen molar-refractivity contribution in [1.29, 1.82) is 0 Å². The molecule has 0 saturated heterocycles. The van der Waals surface area contributed by atoms with Gasteiger partial charge in [-0.1, -0.05) is 38.1 Å². The summed E-state index contributed by atoms with van der Waals surface area (Å²) in [5.74, 6) is 2.36. The van der Waals surface area contributed by atoms with E-state index in [0.717, 1.165) is 17.4 Å². The lowest BCUT2D eigenvalue weighted by Crippen LogP contribution is -2.07. The Morgan fingerprint density at radius 2 is 1.73 bits per heavy atom. The van der Waals surface area contributed by atoms with Crippen molar-refractivity contribution in [3.05, 3.63) is 63.0 Å². The van der Waals surface area contributed by atoms with Gasteiger partial charge in [-0.3, -0.25) is 9.56 Å². The number of aliphatic imine (C=N–C) groups is 1. The first-order chi connectivity index (χ1) is 12.4. The topological polar surface area (TPSA) is 43.1 Å². The van der Waals surface area contributed by atoms with E-state index in [9.17, 15) is 0 Å². The van der Waals surface area contributed by atoms with Gasteiger partial charge in [-0.05, 0) is 44.7 Å². The molecule has 2 aromatic heterocycles. The maximum absolute atomic E-state index is 5.09. The van der Waals surface area contributed by atoms with E-state index in [2.05, 4.69) is 73.6 Å². The summed E-state index contributed by atoms with van der Waals surface area (Å²) in [5.41, 5.74) is 6.10. The molecule has 0 spiro atoms. The smallest absolute Gasteiger partial charge is 0.162 e. The van der Waals surface area contributed by atoms with Crippen LogP contribution in [0.15, 0.2) is 29.3 Å². The molecule has 0 unspecified atom stereocenters. The minimum Gasteiger partial charge on any atom is -0.273 e. The zero-order valence-corrected chi connectivity index (χ0v) is 17.0. The van der Waals surface area contributed by atoms with Gasteiger partial charge in [0.2, 0.25) is 0 Å². The first-order valence-electron chi connectivity index (χ1n) is 9.09. The zero-order valence-electron chi connectivity index (χ0n) is 16.2. The van der Waals surface area contributed by atoms with Crippen molar-refractivity contribution in [2.24, 2.45) is 4.99 Å². The predicted octanol–water partition coefficient (Wildman–Crippen LogP) is 5.29. The van der Waals surface area contributed by atoms with Crippen LogP contribution in [-0.4, -0.2) is 20.5 Å². The molecule has 1 aromatic carbocycles. The first kappa shape index (κ1) is 17.2. The van der Waals surface area contributed by atoms with E-state index in [-0.39, 0.29) is 6.04 Å². The van der Waals surface area contributed by atoms with Gasteiger partial charge in [-0.25, -0.2) is 0 Å². The molecule has 0 N–H and O–H groups in total. The second-order valence-corrected chi connectivity index (χ2v) is 8.54. The Morgan fingerprint density at radius 1 is 1.04 bits per heavy atom. The Hall–Kier alpha value is -2.27. The summed E-state index contributed by atoms with van der Waals surface area (Å²) >= 11 is 1.80. The Morgan fingerprint density at radius 3 is 2.38 bits per heavy atom. The Labute approximate surface area is 158 Å². The van der Waals surface area contributed by atoms with Crippen LogP contribution in [0.25, 0.3) is 5.00 Å². The highest BCUT2D eigenvalue weighted by molar-refractivity contribution is 7.15. The highest BCUT2D eigenvalue weighted by atomic mass is 32.1. The minimum atomic E-state index is -0.0321. The number of fused-ring (bicyclic) bond motifs is 3. The molecule has 0 bridgehead atoms. The number of aromatic nitrogens is 3. The molecule has 0 radical (unpaired) electrons. The number of thiophene rings is 1. The largest absolute Gasteiger partial charge is 0.273 e. The molecule has 0 fully saturated rings. The summed E-state index contributed by atoms with van der Waals surface area (Å²) in [7, 11) is 0. The van der Waals surface area contributed by atoms with Gasteiger partial charge in [0.05, 0.1) is 5.71 Å². The van der Waals surface area contributed by atoms with Crippen LogP contribution in [0.1, 0.15) is 71.5 Å². The lowest BCUT2D eigenvalue weighted by Gasteiger charge is -2.11. The lowest BCUT2D eigenvalue weighted by molar-refractivity contribution is 0.724. The fourth-order valence-electron chi connectivity index (χ4n) is 3.51. The van der Waals surface area contributed by atoms with Crippen LogP contribution in [0, 0.1) is 20.8 Å². The van der Waals surface area contributed by atoms with E-state index in [0.29, 0.717) is 5.92 Å². The average molecular weight is 365 g/mol. The van der Waals surface area contributed by atoms with E-state index in [1.54, 1.807) is 11.3 Å². The van der Waals surface area contributed by atoms with Gasteiger partial charge >= 0.3 is 0 Å². The monoisotopic (exact) mass is 364 g/mol. The normalized spacial score (nSPS) is 16.3. The van der Waals surface area contributed by atoms with Gasteiger partial charge in [-0.2, -0.15) is 0 Å². The van der Waals surface area contributed by atoms with E-state index >= 15 is 0 Å². The summed E-state index contributed by atoms with van der Waals surface area (Å²) in [6, 6.07) is 8.82. The van der Waals surface area contributed by atoms with Crippen LogP contribution >= 0.6 is 11.3 Å². The molecule has 0 amide bonds. The third-order valence-corrected chi connectivity index (χ3v) is 6.40. The third-order valence-electron chi connectivity index (χ3n) is 5.20. The Kier molecular flexibility index (Phi) is 4.07. The van der Waals surface area contributed by atoms with Gasteiger partial charge in [0, 0.05) is 16.0 Å². The van der Waals surface area contributed by atoms with Crippen LogP contribution in [0.5, 0.6) is 0 Å². The van der Waals surface area contributed by atoms with Gasteiger partial charge in [0.15, 0.2) is 5.82 Å². The second-order valence-electron chi connectivity index (χ2n) is 7.33. The Bertz CT molecular complexity index is 1010. The van der Waals surface area contributed by atoms with E-state index in [1.807, 2.05) is 6.92 Å². The van der Waals surface area contributed by atoms with Gasteiger partial charge in [0.25, 0.3) is 0 Å². The zero-order chi connectivity index (χ0) is 18.6. The number of hydrogen-bond donors (Lipinski definition) is 0. The maximum atomic E-state index is 5.09. The number of rotatable bonds is 2. The van der Waals surface area contributed by atoms with Crippen molar-refractivity contribution in [2.45, 2.75) is 53.5 Å². The van der Waals surface area contributed by atoms with Crippen LogP contribution in [0.3, 0.4) is 0 Å². The molecule has 5 heteroatoms. The summed E-state index contributed by atoms with van der Waals surface area (Å²) in [5, 5.41) is 9.91. The number of hydrogen-bond acceptors (Lipinski definition) is 4.